The number of nitrogens with one attached hydrogen (secondary N) is 1. The van der Waals surface area contributed by atoms with E-state index >= 15 is 0 Å². The van der Waals surface area contributed by atoms with E-state index in [9.17, 15) is 13.2 Å². The van der Waals surface area contributed by atoms with Crippen LogP contribution in [0.1, 0.15) is 24.3 Å². The molecular weight excluding hydrogens is 267 g/mol. The van der Waals surface area contributed by atoms with Crippen LogP contribution in [0.5, 0.6) is 0 Å². The predicted molar refractivity (Wildman–Crippen MR) is 70.2 cm³/mol. The summed E-state index contributed by atoms with van der Waals surface area (Å²) in [5.74, 6) is 0.666. The summed E-state index contributed by atoms with van der Waals surface area (Å²) >= 11 is 0. The molecule has 0 saturated heterocycles. The maximum Gasteiger partial charge on any atom is 0.407 e. The normalized spacial score (nSPS) is 15.0. The second-order valence-corrected chi connectivity index (χ2v) is 4.74. The molecule has 0 saturated carbocycles. The van der Waals surface area contributed by atoms with Crippen molar-refractivity contribution in [2.24, 2.45) is 0 Å². The Morgan fingerprint density at radius 3 is 2.35 bits per heavy atom. The molecule has 0 aliphatic rings. The number of alkyl halides is 3. The molecule has 0 spiro atoms. The minimum Gasteiger partial charge on any atom is -0.469 e. The molecule has 1 aromatic heterocycles. The highest BCUT2D eigenvalue weighted by Gasteiger charge is 2.41. The largest absolute Gasteiger partial charge is 0.469 e. The fourth-order valence-corrected chi connectivity index (χ4v) is 2.10. The van der Waals surface area contributed by atoms with Gasteiger partial charge in [-0.15, -0.1) is 0 Å². The van der Waals surface area contributed by atoms with Gasteiger partial charge < -0.3 is 4.42 Å². The van der Waals surface area contributed by atoms with Gasteiger partial charge in [-0.05, 0) is 24.6 Å². The van der Waals surface area contributed by atoms with Crippen molar-refractivity contribution < 1.29 is 17.6 Å². The zero-order valence-electron chi connectivity index (χ0n) is 11.0. The van der Waals surface area contributed by atoms with E-state index < -0.39 is 12.2 Å². The van der Waals surface area contributed by atoms with Gasteiger partial charge in [0.25, 0.3) is 0 Å². The molecule has 2 aromatic rings. The van der Waals surface area contributed by atoms with E-state index in [-0.39, 0.29) is 11.6 Å². The number of rotatable bonds is 5. The highest BCUT2D eigenvalue weighted by Crippen LogP contribution is 2.33. The molecule has 0 aliphatic heterocycles. The Morgan fingerprint density at radius 1 is 1.10 bits per heavy atom. The molecule has 2 nitrogen and oxygen atoms in total. The molecule has 0 amide bonds. The number of hydrogen-bond acceptors (Lipinski definition) is 2. The summed E-state index contributed by atoms with van der Waals surface area (Å²) in [6.45, 7) is 1.71. The topological polar surface area (TPSA) is 25.2 Å². The van der Waals surface area contributed by atoms with Crippen molar-refractivity contribution in [3.05, 3.63) is 60.1 Å². The van der Waals surface area contributed by atoms with Crippen LogP contribution in [0.4, 0.5) is 13.2 Å². The van der Waals surface area contributed by atoms with Crippen LogP contribution >= 0.6 is 0 Å². The van der Waals surface area contributed by atoms with Gasteiger partial charge in [-0.2, -0.15) is 13.2 Å². The number of benzene rings is 1. The van der Waals surface area contributed by atoms with Crippen molar-refractivity contribution in [3.63, 3.8) is 0 Å². The molecule has 1 N–H and O–H groups in total. The standard InChI is InChI=1S/C15H16F3NO/c1-11(10-13-8-5-9-20-13)19-14(15(16,17)18)12-6-3-2-4-7-12/h2-9,11,14,19H,10H2,1H3. The van der Waals surface area contributed by atoms with Gasteiger partial charge in [0.15, 0.2) is 0 Å². The first-order valence-electron chi connectivity index (χ1n) is 6.37. The van der Waals surface area contributed by atoms with E-state index in [1.165, 1.54) is 18.4 Å². The van der Waals surface area contributed by atoms with Crippen LogP contribution < -0.4 is 5.32 Å². The Balaban J connectivity index is 2.09. The highest BCUT2D eigenvalue weighted by atomic mass is 19.4. The SMILES string of the molecule is CC(Cc1ccco1)NC(c1ccccc1)C(F)(F)F. The zero-order valence-corrected chi connectivity index (χ0v) is 11.0. The van der Waals surface area contributed by atoms with Gasteiger partial charge in [0, 0.05) is 12.5 Å². The second kappa shape index (κ2) is 6.13. The maximum absolute atomic E-state index is 13.2. The third kappa shape index (κ3) is 3.87. The summed E-state index contributed by atoms with van der Waals surface area (Å²) in [6.07, 6.45) is -2.41. The number of hydrogen-bond donors (Lipinski definition) is 1. The highest BCUT2D eigenvalue weighted by molar-refractivity contribution is 5.20. The van der Waals surface area contributed by atoms with Crippen molar-refractivity contribution in [1.82, 2.24) is 5.32 Å². The van der Waals surface area contributed by atoms with Gasteiger partial charge in [0.1, 0.15) is 11.8 Å². The molecule has 2 rings (SSSR count). The van der Waals surface area contributed by atoms with E-state index in [1.807, 2.05) is 0 Å². The van der Waals surface area contributed by atoms with Gasteiger partial charge in [-0.1, -0.05) is 30.3 Å². The monoisotopic (exact) mass is 283 g/mol. The van der Waals surface area contributed by atoms with Crippen LogP contribution in [-0.2, 0) is 6.42 Å². The van der Waals surface area contributed by atoms with Gasteiger partial charge >= 0.3 is 6.18 Å². The second-order valence-electron chi connectivity index (χ2n) is 4.74. The molecular formula is C15H16F3NO. The summed E-state index contributed by atoms with van der Waals surface area (Å²) in [5, 5.41) is 2.63. The van der Waals surface area contributed by atoms with E-state index in [0.717, 1.165) is 0 Å². The van der Waals surface area contributed by atoms with Gasteiger partial charge in [-0.3, -0.25) is 5.32 Å². The van der Waals surface area contributed by atoms with Crippen LogP contribution in [0.3, 0.4) is 0 Å². The molecule has 5 heteroatoms. The fraction of sp³-hybridized carbons (Fsp3) is 0.333. The molecule has 0 fully saturated rings. The Kier molecular flexibility index (Phi) is 4.49. The lowest BCUT2D eigenvalue weighted by Crippen LogP contribution is -2.40. The molecule has 20 heavy (non-hydrogen) atoms. The average molecular weight is 283 g/mol. The first-order chi connectivity index (χ1) is 9.47. The van der Waals surface area contributed by atoms with Crippen LogP contribution in [0.2, 0.25) is 0 Å². The third-order valence-electron chi connectivity index (χ3n) is 3.00. The molecule has 0 radical (unpaired) electrons. The zero-order chi connectivity index (χ0) is 14.6. The number of halogens is 3. The van der Waals surface area contributed by atoms with Crippen molar-refractivity contribution in [3.8, 4) is 0 Å². The molecule has 2 atom stereocenters. The van der Waals surface area contributed by atoms with Crippen LogP contribution in [-0.4, -0.2) is 12.2 Å². The average Bonchev–Trinajstić information content (AvgIpc) is 2.88. The Morgan fingerprint density at radius 2 is 1.80 bits per heavy atom. The maximum atomic E-state index is 13.2. The van der Waals surface area contributed by atoms with Gasteiger partial charge in [0.05, 0.1) is 6.26 Å². The van der Waals surface area contributed by atoms with Crippen molar-refractivity contribution in [2.75, 3.05) is 0 Å². The van der Waals surface area contributed by atoms with Crippen molar-refractivity contribution in [2.45, 2.75) is 31.6 Å². The fourth-order valence-electron chi connectivity index (χ4n) is 2.10. The lowest BCUT2D eigenvalue weighted by molar-refractivity contribution is -0.159. The third-order valence-corrected chi connectivity index (χ3v) is 3.00. The van der Waals surface area contributed by atoms with E-state index in [4.69, 9.17) is 4.42 Å². The first-order valence-corrected chi connectivity index (χ1v) is 6.37. The van der Waals surface area contributed by atoms with Gasteiger partial charge in [-0.25, -0.2) is 0 Å². The minimum atomic E-state index is -4.33. The molecule has 0 bridgehead atoms. The van der Waals surface area contributed by atoms with E-state index in [0.29, 0.717) is 12.2 Å². The first kappa shape index (κ1) is 14.7. The molecule has 0 aliphatic carbocycles. The smallest absolute Gasteiger partial charge is 0.407 e. The summed E-state index contributed by atoms with van der Waals surface area (Å²) in [6, 6.07) is 9.31. The van der Waals surface area contributed by atoms with Gasteiger partial charge in [0.2, 0.25) is 0 Å². The lowest BCUT2D eigenvalue weighted by atomic mass is 10.0. The van der Waals surface area contributed by atoms with E-state index in [1.54, 1.807) is 37.3 Å². The summed E-state index contributed by atoms with van der Waals surface area (Å²) in [5.41, 5.74) is 0.214. The van der Waals surface area contributed by atoms with Crippen molar-refractivity contribution in [1.29, 1.82) is 0 Å². The quantitative estimate of drug-likeness (QED) is 0.893. The van der Waals surface area contributed by atoms with Crippen LogP contribution in [0.15, 0.2) is 53.1 Å². The van der Waals surface area contributed by atoms with Crippen LogP contribution in [0, 0.1) is 0 Å². The predicted octanol–water partition coefficient (Wildman–Crippen LogP) is 4.10. The summed E-state index contributed by atoms with van der Waals surface area (Å²) in [4.78, 5) is 0. The lowest BCUT2D eigenvalue weighted by Gasteiger charge is -2.25. The number of furan rings is 1. The minimum absolute atomic E-state index is 0.214. The van der Waals surface area contributed by atoms with Crippen molar-refractivity contribution >= 4 is 0 Å². The Hall–Kier alpha value is -1.75. The summed E-state index contributed by atoms with van der Waals surface area (Å²) in [7, 11) is 0. The molecule has 1 heterocycles. The Labute approximate surface area is 115 Å². The van der Waals surface area contributed by atoms with Crippen LogP contribution in [0.25, 0.3) is 0 Å². The molecule has 1 aromatic carbocycles. The molecule has 108 valence electrons. The van der Waals surface area contributed by atoms with E-state index in [2.05, 4.69) is 5.32 Å². The summed E-state index contributed by atoms with van der Waals surface area (Å²) < 4.78 is 44.6. The molecule has 2 unspecified atom stereocenters. The Bertz CT molecular complexity index is 508.